The first-order chi connectivity index (χ1) is 8.35. The Labute approximate surface area is 104 Å². The molecule has 0 saturated carbocycles. The molecule has 1 saturated heterocycles. The molecule has 0 spiro atoms. The fourth-order valence-corrected chi connectivity index (χ4v) is 1.89. The average molecular weight is 285 g/mol. The van der Waals surface area contributed by atoms with Crippen LogP contribution in [0, 0.1) is 5.92 Å². The molecule has 0 bridgehead atoms. The molecule has 0 unspecified atom stereocenters. The quantitative estimate of drug-likeness (QED) is 0.435. The van der Waals surface area contributed by atoms with Gasteiger partial charge in [0.25, 0.3) is 0 Å². The third-order valence-electron chi connectivity index (χ3n) is 2.65. The van der Waals surface area contributed by atoms with Crippen molar-refractivity contribution in [2.75, 3.05) is 19.8 Å². The van der Waals surface area contributed by atoms with Gasteiger partial charge in [-0.15, -0.1) is 3.89 Å². The highest BCUT2D eigenvalue weighted by Gasteiger charge is 2.37. The summed E-state index contributed by atoms with van der Waals surface area (Å²) in [7, 11) is -4.68. The molecule has 1 aliphatic rings. The SMILES string of the molecule is O=S(=O)(F)/C=C/NC[C@@H]1CO[C@H](CO)[C@H](O)[C@@H]1O. The number of nitrogens with one attached hydrogen (secondary N) is 1. The highest BCUT2D eigenvalue weighted by molar-refractivity contribution is 7.89. The minimum atomic E-state index is -4.68. The topological polar surface area (TPSA) is 116 Å². The van der Waals surface area contributed by atoms with E-state index in [0.717, 1.165) is 6.20 Å². The maximum Gasteiger partial charge on any atom is 0.326 e. The van der Waals surface area contributed by atoms with E-state index in [1.165, 1.54) is 0 Å². The third-order valence-corrected chi connectivity index (χ3v) is 3.11. The smallest absolute Gasteiger partial charge is 0.326 e. The largest absolute Gasteiger partial charge is 0.394 e. The molecule has 1 heterocycles. The van der Waals surface area contributed by atoms with Crippen LogP contribution in [-0.4, -0.2) is 61.8 Å². The van der Waals surface area contributed by atoms with Crippen LogP contribution in [0.1, 0.15) is 0 Å². The van der Waals surface area contributed by atoms with Gasteiger partial charge in [0.2, 0.25) is 0 Å². The molecule has 9 heteroatoms. The first kappa shape index (κ1) is 15.3. The molecule has 0 aromatic heterocycles. The fourth-order valence-electron chi connectivity index (χ4n) is 1.63. The van der Waals surface area contributed by atoms with Gasteiger partial charge in [0.15, 0.2) is 0 Å². The molecule has 1 rings (SSSR count). The predicted octanol–water partition coefficient (Wildman–Crippen LogP) is -1.92. The van der Waals surface area contributed by atoms with Crippen molar-refractivity contribution in [1.82, 2.24) is 5.32 Å². The van der Waals surface area contributed by atoms with Gasteiger partial charge in [-0.25, -0.2) is 0 Å². The molecular weight excluding hydrogens is 269 g/mol. The van der Waals surface area contributed by atoms with Crippen molar-refractivity contribution in [3.8, 4) is 0 Å². The molecule has 1 aliphatic heterocycles. The highest BCUT2D eigenvalue weighted by atomic mass is 32.3. The van der Waals surface area contributed by atoms with Gasteiger partial charge in [-0.05, 0) is 0 Å². The molecule has 4 N–H and O–H groups in total. The normalized spacial score (nSPS) is 33.8. The average Bonchev–Trinajstić information content (AvgIpc) is 2.28. The fraction of sp³-hybridized carbons (Fsp3) is 0.778. The van der Waals surface area contributed by atoms with Crippen molar-refractivity contribution in [2.45, 2.75) is 18.3 Å². The Bertz CT molecular complexity index is 387. The zero-order valence-electron chi connectivity index (χ0n) is 9.44. The molecule has 18 heavy (non-hydrogen) atoms. The van der Waals surface area contributed by atoms with E-state index in [9.17, 15) is 22.5 Å². The number of halogens is 1. The van der Waals surface area contributed by atoms with E-state index in [0.29, 0.717) is 5.41 Å². The number of ether oxygens (including phenoxy) is 1. The first-order valence-electron chi connectivity index (χ1n) is 5.28. The lowest BCUT2D eigenvalue weighted by molar-refractivity contribution is -0.173. The summed E-state index contributed by atoms with van der Waals surface area (Å²) < 4.78 is 37.5. The zero-order valence-corrected chi connectivity index (χ0v) is 10.3. The van der Waals surface area contributed by atoms with Crippen molar-refractivity contribution in [2.24, 2.45) is 5.92 Å². The van der Waals surface area contributed by atoms with E-state index < -0.39 is 41.1 Å². The van der Waals surface area contributed by atoms with E-state index >= 15 is 0 Å². The molecule has 7 nitrogen and oxygen atoms in total. The molecule has 106 valence electrons. The number of hydrogen-bond donors (Lipinski definition) is 4. The van der Waals surface area contributed by atoms with Crippen molar-refractivity contribution >= 4 is 10.2 Å². The number of aliphatic hydroxyl groups is 3. The summed E-state index contributed by atoms with van der Waals surface area (Å²) in [5.41, 5.74) is 0. The third kappa shape index (κ3) is 4.50. The van der Waals surface area contributed by atoms with E-state index in [4.69, 9.17) is 9.84 Å². The van der Waals surface area contributed by atoms with E-state index in [1.54, 1.807) is 0 Å². The second-order valence-electron chi connectivity index (χ2n) is 3.98. The van der Waals surface area contributed by atoms with Crippen molar-refractivity contribution in [1.29, 1.82) is 0 Å². The highest BCUT2D eigenvalue weighted by Crippen LogP contribution is 2.19. The zero-order chi connectivity index (χ0) is 13.8. The Morgan fingerprint density at radius 1 is 1.39 bits per heavy atom. The summed E-state index contributed by atoms with van der Waals surface area (Å²) in [5.74, 6) is -0.491. The summed E-state index contributed by atoms with van der Waals surface area (Å²) in [6.07, 6.45) is -2.27. The number of aliphatic hydroxyl groups excluding tert-OH is 3. The van der Waals surface area contributed by atoms with Gasteiger partial charge in [0, 0.05) is 18.7 Å². The Hall–Kier alpha value is -0.740. The van der Waals surface area contributed by atoms with Gasteiger partial charge in [0.05, 0.1) is 24.7 Å². The van der Waals surface area contributed by atoms with E-state index in [1.807, 2.05) is 0 Å². The lowest BCUT2D eigenvalue weighted by Crippen LogP contribution is -2.53. The second kappa shape index (κ2) is 6.43. The summed E-state index contributed by atoms with van der Waals surface area (Å²) >= 11 is 0. The minimum Gasteiger partial charge on any atom is -0.394 e. The molecule has 0 aliphatic carbocycles. The van der Waals surface area contributed by atoms with Gasteiger partial charge in [0.1, 0.15) is 12.2 Å². The van der Waals surface area contributed by atoms with Crippen LogP contribution in [0.4, 0.5) is 3.89 Å². The van der Waals surface area contributed by atoms with Crippen LogP contribution < -0.4 is 5.32 Å². The maximum atomic E-state index is 12.1. The van der Waals surface area contributed by atoms with E-state index in [2.05, 4.69) is 5.32 Å². The van der Waals surface area contributed by atoms with E-state index in [-0.39, 0.29) is 13.2 Å². The lowest BCUT2D eigenvalue weighted by Gasteiger charge is -2.36. The monoisotopic (exact) mass is 285 g/mol. The van der Waals surface area contributed by atoms with Crippen molar-refractivity contribution in [3.63, 3.8) is 0 Å². The van der Waals surface area contributed by atoms with Crippen molar-refractivity contribution in [3.05, 3.63) is 11.6 Å². The second-order valence-corrected chi connectivity index (χ2v) is 5.21. The lowest BCUT2D eigenvalue weighted by atomic mass is 9.92. The van der Waals surface area contributed by atoms with Gasteiger partial charge >= 0.3 is 10.2 Å². The Morgan fingerprint density at radius 3 is 2.61 bits per heavy atom. The number of hydrogen-bond acceptors (Lipinski definition) is 7. The Kier molecular flexibility index (Phi) is 5.47. The molecular formula is C9H16FNO6S. The molecule has 1 fully saturated rings. The Balaban J connectivity index is 2.42. The summed E-state index contributed by atoms with van der Waals surface area (Å²) in [5, 5.41) is 30.9. The summed E-state index contributed by atoms with van der Waals surface area (Å²) in [6.45, 7) is -0.215. The van der Waals surface area contributed by atoms with Crippen molar-refractivity contribution < 1.29 is 32.4 Å². The molecule has 0 aromatic carbocycles. The van der Waals surface area contributed by atoms with Gasteiger partial charge in [-0.1, -0.05) is 0 Å². The van der Waals surface area contributed by atoms with Crippen LogP contribution in [0.3, 0.4) is 0 Å². The van der Waals surface area contributed by atoms with Gasteiger partial charge in [-0.2, -0.15) is 8.42 Å². The first-order valence-corrected chi connectivity index (χ1v) is 6.73. The van der Waals surface area contributed by atoms with Gasteiger partial charge in [-0.3, -0.25) is 0 Å². The van der Waals surface area contributed by atoms with Crippen LogP contribution in [0.5, 0.6) is 0 Å². The molecule has 0 radical (unpaired) electrons. The molecule has 0 amide bonds. The molecule has 4 atom stereocenters. The standard InChI is InChI=1S/C9H16FNO6S/c10-18(15,16)2-1-11-3-6-5-17-7(4-12)9(14)8(6)13/h1-2,6-9,11-14H,3-5H2/b2-1+/t6-,7-,8-,9+/m1/s1. The summed E-state index contributed by atoms with van der Waals surface area (Å²) in [4.78, 5) is 0. The predicted molar refractivity (Wildman–Crippen MR) is 59.5 cm³/mol. The van der Waals surface area contributed by atoms with Crippen LogP contribution >= 0.6 is 0 Å². The summed E-state index contributed by atoms with van der Waals surface area (Å²) in [6, 6.07) is 0. The van der Waals surface area contributed by atoms with Gasteiger partial charge < -0.3 is 25.4 Å². The Morgan fingerprint density at radius 2 is 2.06 bits per heavy atom. The molecule has 0 aromatic rings. The number of rotatable bonds is 5. The maximum absolute atomic E-state index is 12.1. The minimum absolute atomic E-state index is 0.0899. The van der Waals surface area contributed by atoms with Crippen LogP contribution in [0.25, 0.3) is 0 Å². The van der Waals surface area contributed by atoms with Crippen LogP contribution in [0.2, 0.25) is 0 Å². The van der Waals surface area contributed by atoms with Crippen LogP contribution in [-0.2, 0) is 15.0 Å². The van der Waals surface area contributed by atoms with Crippen LogP contribution in [0.15, 0.2) is 11.6 Å².